The molecule has 1 fully saturated rings. The molecule has 27 heavy (non-hydrogen) atoms. The molecule has 0 atom stereocenters. The van der Waals surface area contributed by atoms with Crippen LogP contribution >= 0.6 is 0 Å². The molecule has 1 saturated heterocycles. The Morgan fingerprint density at radius 1 is 1.04 bits per heavy atom. The van der Waals surface area contributed by atoms with Crippen LogP contribution in [0.1, 0.15) is 41.7 Å². The summed E-state index contributed by atoms with van der Waals surface area (Å²) >= 11 is 0. The number of hydrogen-bond donors (Lipinski definition) is 1. The van der Waals surface area contributed by atoms with Crippen LogP contribution in [0, 0.1) is 6.92 Å². The van der Waals surface area contributed by atoms with Crippen molar-refractivity contribution in [3.8, 4) is 0 Å². The predicted octanol–water partition coefficient (Wildman–Crippen LogP) is 2.21. The zero-order valence-electron chi connectivity index (χ0n) is 15.5. The molecule has 1 N–H and O–H groups in total. The van der Waals surface area contributed by atoms with Crippen LogP contribution in [-0.2, 0) is 11.3 Å². The van der Waals surface area contributed by atoms with Gasteiger partial charge in [0.15, 0.2) is 0 Å². The molecule has 3 rings (SSSR count). The number of nitrogens with one attached hydrogen (secondary N) is 1. The first kappa shape index (κ1) is 18.8. The van der Waals surface area contributed by atoms with E-state index >= 15 is 0 Å². The van der Waals surface area contributed by atoms with Crippen LogP contribution in [-0.4, -0.2) is 39.6 Å². The highest BCUT2D eigenvalue weighted by Gasteiger charge is 2.17. The number of benzene rings is 1. The fraction of sp³-hybridized carbons (Fsp3) is 0.400. The van der Waals surface area contributed by atoms with Crippen LogP contribution in [0.5, 0.6) is 0 Å². The summed E-state index contributed by atoms with van der Waals surface area (Å²) in [5.74, 6) is -0.368. The van der Waals surface area contributed by atoms with E-state index in [1.54, 1.807) is 12.1 Å². The van der Waals surface area contributed by atoms with Crippen molar-refractivity contribution in [1.82, 2.24) is 14.7 Å². The third-order valence-electron chi connectivity index (χ3n) is 4.65. The van der Waals surface area contributed by atoms with Crippen LogP contribution in [0.25, 0.3) is 0 Å². The molecule has 1 aromatic heterocycles. The van der Waals surface area contributed by atoms with Crippen LogP contribution in [0.2, 0.25) is 0 Å². The first-order valence-electron chi connectivity index (χ1n) is 9.27. The molecule has 0 spiro atoms. The highest BCUT2D eigenvalue weighted by molar-refractivity contribution is 6.02. The number of anilines is 1. The minimum atomic E-state index is -0.394. The quantitative estimate of drug-likeness (QED) is 0.877. The van der Waals surface area contributed by atoms with Crippen molar-refractivity contribution in [1.29, 1.82) is 0 Å². The Labute approximate surface area is 158 Å². The molecule has 2 aromatic rings. The Morgan fingerprint density at radius 3 is 2.44 bits per heavy atom. The molecule has 0 unspecified atom stereocenters. The lowest BCUT2D eigenvalue weighted by molar-refractivity contribution is -0.132. The van der Waals surface area contributed by atoms with Gasteiger partial charge < -0.3 is 10.2 Å². The van der Waals surface area contributed by atoms with Crippen molar-refractivity contribution in [2.75, 3.05) is 18.4 Å². The summed E-state index contributed by atoms with van der Waals surface area (Å²) in [6.45, 7) is 3.69. The molecule has 2 amide bonds. The largest absolute Gasteiger partial charge is 0.343 e. The van der Waals surface area contributed by atoms with Gasteiger partial charge in [-0.15, -0.1) is 0 Å². The van der Waals surface area contributed by atoms with Gasteiger partial charge in [0.05, 0.1) is 6.54 Å². The van der Waals surface area contributed by atoms with E-state index < -0.39 is 5.91 Å². The van der Waals surface area contributed by atoms with E-state index in [1.807, 2.05) is 24.0 Å². The third-order valence-corrected chi connectivity index (χ3v) is 4.65. The number of carbonyl (C=O) groups excluding carboxylic acids is 2. The van der Waals surface area contributed by atoms with E-state index in [9.17, 15) is 14.4 Å². The normalized spacial score (nSPS) is 14.0. The van der Waals surface area contributed by atoms with Crippen molar-refractivity contribution < 1.29 is 9.59 Å². The van der Waals surface area contributed by atoms with Crippen LogP contribution in [0.15, 0.2) is 41.2 Å². The highest BCUT2D eigenvalue weighted by atomic mass is 16.2. The number of aryl methyl sites for hydroxylation is 2. The maximum Gasteiger partial charge on any atom is 0.276 e. The van der Waals surface area contributed by atoms with Gasteiger partial charge in [0.25, 0.3) is 11.5 Å². The van der Waals surface area contributed by atoms with Gasteiger partial charge in [-0.05, 0) is 44.4 Å². The van der Waals surface area contributed by atoms with Crippen LogP contribution in [0.4, 0.5) is 5.69 Å². The van der Waals surface area contributed by atoms with E-state index in [1.165, 1.54) is 16.8 Å². The highest BCUT2D eigenvalue weighted by Crippen LogP contribution is 2.11. The van der Waals surface area contributed by atoms with Gasteiger partial charge in [0.2, 0.25) is 5.91 Å². The van der Waals surface area contributed by atoms with Gasteiger partial charge in [0.1, 0.15) is 5.69 Å². The second-order valence-electron chi connectivity index (χ2n) is 6.79. The van der Waals surface area contributed by atoms with Gasteiger partial charge in [0, 0.05) is 31.3 Å². The van der Waals surface area contributed by atoms with Crippen LogP contribution in [0.3, 0.4) is 0 Å². The second-order valence-corrected chi connectivity index (χ2v) is 6.79. The van der Waals surface area contributed by atoms with E-state index in [2.05, 4.69) is 10.4 Å². The molecule has 0 bridgehead atoms. The Bertz CT molecular complexity index is 868. The lowest BCUT2D eigenvalue weighted by atomic mass is 10.1. The molecule has 0 radical (unpaired) electrons. The number of amides is 2. The Morgan fingerprint density at radius 2 is 1.74 bits per heavy atom. The summed E-state index contributed by atoms with van der Waals surface area (Å²) in [7, 11) is 0. The summed E-state index contributed by atoms with van der Waals surface area (Å²) in [4.78, 5) is 38.5. The Balaban J connectivity index is 1.64. The monoisotopic (exact) mass is 368 g/mol. The number of nitrogens with zero attached hydrogens (tertiary/aromatic N) is 3. The fourth-order valence-corrected chi connectivity index (χ4v) is 3.07. The first-order chi connectivity index (χ1) is 13.0. The molecule has 1 aromatic carbocycles. The lowest BCUT2D eigenvalue weighted by Crippen LogP contribution is -2.37. The van der Waals surface area contributed by atoms with E-state index in [-0.39, 0.29) is 30.1 Å². The maximum absolute atomic E-state index is 12.4. The molecule has 1 aliphatic rings. The second kappa shape index (κ2) is 8.62. The average molecular weight is 368 g/mol. The van der Waals surface area contributed by atoms with E-state index in [4.69, 9.17) is 0 Å². The average Bonchev–Trinajstić information content (AvgIpc) is 2.69. The number of rotatable bonds is 5. The van der Waals surface area contributed by atoms with Crippen molar-refractivity contribution in [2.24, 2.45) is 0 Å². The molecular weight excluding hydrogens is 344 g/mol. The summed E-state index contributed by atoms with van der Waals surface area (Å²) < 4.78 is 1.19. The predicted molar refractivity (Wildman–Crippen MR) is 103 cm³/mol. The van der Waals surface area contributed by atoms with Crippen molar-refractivity contribution in [3.05, 3.63) is 58.0 Å². The number of likely N-dealkylation sites (tertiary alicyclic amines) is 1. The fourth-order valence-electron chi connectivity index (χ4n) is 3.07. The van der Waals surface area contributed by atoms with E-state index in [0.29, 0.717) is 5.69 Å². The topological polar surface area (TPSA) is 84.3 Å². The van der Waals surface area contributed by atoms with Gasteiger partial charge in [-0.2, -0.15) is 5.10 Å². The molecule has 142 valence electrons. The van der Waals surface area contributed by atoms with Crippen molar-refractivity contribution >= 4 is 17.5 Å². The minimum Gasteiger partial charge on any atom is -0.343 e. The Hall–Kier alpha value is -2.96. The minimum absolute atomic E-state index is 0.0258. The van der Waals surface area contributed by atoms with Gasteiger partial charge in [-0.3, -0.25) is 14.4 Å². The first-order valence-corrected chi connectivity index (χ1v) is 9.27. The van der Waals surface area contributed by atoms with Crippen molar-refractivity contribution in [2.45, 2.75) is 39.2 Å². The zero-order valence-corrected chi connectivity index (χ0v) is 15.5. The molecule has 0 saturated carbocycles. The molecule has 7 nitrogen and oxygen atoms in total. The standard InChI is InChI=1S/C20H24N4O3/c1-15-5-7-16(8-6-15)21-20(27)17-9-10-19(26)24(22-17)14-11-18(25)23-12-3-2-4-13-23/h5-10H,2-4,11-14H2,1H3,(H,21,27). The molecule has 7 heteroatoms. The summed E-state index contributed by atoms with van der Waals surface area (Å²) in [6.07, 6.45) is 3.41. The maximum atomic E-state index is 12.4. The number of piperidine rings is 1. The number of carbonyl (C=O) groups is 2. The number of hydrogen-bond acceptors (Lipinski definition) is 4. The van der Waals surface area contributed by atoms with Gasteiger partial charge >= 0.3 is 0 Å². The lowest BCUT2D eigenvalue weighted by Gasteiger charge is -2.26. The van der Waals surface area contributed by atoms with Crippen molar-refractivity contribution in [3.63, 3.8) is 0 Å². The van der Waals surface area contributed by atoms with Crippen LogP contribution < -0.4 is 10.9 Å². The Kier molecular flexibility index (Phi) is 6.01. The third kappa shape index (κ3) is 5.03. The molecule has 0 aliphatic carbocycles. The molecular formula is C20H24N4O3. The SMILES string of the molecule is Cc1ccc(NC(=O)c2ccc(=O)n(CCC(=O)N3CCCCC3)n2)cc1. The number of aromatic nitrogens is 2. The zero-order chi connectivity index (χ0) is 19.2. The summed E-state index contributed by atoms with van der Waals surface area (Å²) in [5.41, 5.74) is 1.57. The summed E-state index contributed by atoms with van der Waals surface area (Å²) in [6, 6.07) is 10.1. The van der Waals surface area contributed by atoms with Gasteiger partial charge in [-0.25, -0.2) is 4.68 Å². The smallest absolute Gasteiger partial charge is 0.276 e. The molecule has 2 heterocycles. The van der Waals surface area contributed by atoms with E-state index in [0.717, 1.165) is 37.9 Å². The summed E-state index contributed by atoms with van der Waals surface area (Å²) in [5, 5.41) is 6.88. The van der Waals surface area contributed by atoms with Gasteiger partial charge in [-0.1, -0.05) is 17.7 Å². The molecule has 1 aliphatic heterocycles.